The summed E-state index contributed by atoms with van der Waals surface area (Å²) in [5.41, 5.74) is 2.95. The minimum absolute atomic E-state index is 0.0969. The van der Waals surface area contributed by atoms with Gasteiger partial charge in [0.2, 0.25) is 0 Å². The highest BCUT2D eigenvalue weighted by Crippen LogP contribution is 2.19. The third-order valence-corrected chi connectivity index (χ3v) is 2.61. The van der Waals surface area contributed by atoms with Crippen LogP contribution in [-0.4, -0.2) is 10.4 Å². The highest BCUT2D eigenvalue weighted by atomic mass is 35.5. The van der Waals surface area contributed by atoms with E-state index in [0.29, 0.717) is 5.56 Å². The van der Waals surface area contributed by atoms with Gasteiger partial charge in [-0.1, -0.05) is 71.4 Å². The maximum absolute atomic E-state index is 8.53. The van der Waals surface area contributed by atoms with Gasteiger partial charge in [-0.2, -0.15) is 0 Å². The van der Waals surface area contributed by atoms with Crippen LogP contribution in [0, 0.1) is 0 Å². The topological polar surface area (TPSA) is 32.6 Å². The summed E-state index contributed by atoms with van der Waals surface area (Å²) in [6, 6.07) is 17.6. The van der Waals surface area contributed by atoms with E-state index < -0.39 is 0 Å². The van der Waals surface area contributed by atoms with Crippen LogP contribution in [0.15, 0.2) is 59.8 Å². The zero-order chi connectivity index (χ0) is 11.4. The number of hydrogen-bond donors (Lipinski definition) is 1. The van der Waals surface area contributed by atoms with Gasteiger partial charge in [0.1, 0.15) is 0 Å². The van der Waals surface area contributed by atoms with Gasteiger partial charge in [-0.15, -0.1) is 0 Å². The largest absolute Gasteiger partial charge is 0.410 e. The van der Waals surface area contributed by atoms with Crippen LogP contribution in [0.25, 0.3) is 11.1 Å². The van der Waals surface area contributed by atoms with Crippen molar-refractivity contribution in [3.05, 3.63) is 60.2 Å². The van der Waals surface area contributed by atoms with Crippen LogP contribution in [0.4, 0.5) is 0 Å². The van der Waals surface area contributed by atoms with E-state index in [4.69, 9.17) is 16.8 Å². The third-order valence-electron chi connectivity index (χ3n) is 2.32. The molecule has 16 heavy (non-hydrogen) atoms. The zero-order valence-electron chi connectivity index (χ0n) is 8.47. The van der Waals surface area contributed by atoms with Gasteiger partial charge in [0.15, 0.2) is 5.17 Å². The number of benzene rings is 2. The first kappa shape index (κ1) is 10.7. The molecule has 2 nitrogen and oxygen atoms in total. The fraction of sp³-hybridized carbons (Fsp3) is 0. The van der Waals surface area contributed by atoms with Crippen molar-refractivity contribution in [2.45, 2.75) is 0 Å². The SMILES string of the molecule is O/N=C(/Cl)c1ccc(-c2ccccc2)cc1. The van der Waals surface area contributed by atoms with Crippen LogP contribution < -0.4 is 0 Å². The Morgan fingerprint density at radius 1 is 0.875 bits per heavy atom. The summed E-state index contributed by atoms with van der Waals surface area (Å²) >= 11 is 5.69. The Labute approximate surface area is 98.8 Å². The molecule has 2 aromatic carbocycles. The predicted molar refractivity (Wildman–Crippen MR) is 66.1 cm³/mol. The molecule has 0 saturated carbocycles. The van der Waals surface area contributed by atoms with Crippen molar-refractivity contribution in [2.75, 3.05) is 0 Å². The van der Waals surface area contributed by atoms with E-state index in [1.54, 1.807) is 0 Å². The molecular weight excluding hydrogens is 222 g/mol. The van der Waals surface area contributed by atoms with Crippen LogP contribution in [0.3, 0.4) is 0 Å². The van der Waals surface area contributed by atoms with Crippen molar-refractivity contribution in [1.29, 1.82) is 0 Å². The number of rotatable bonds is 2. The molecule has 3 heteroatoms. The lowest BCUT2D eigenvalue weighted by Gasteiger charge is -2.02. The molecule has 0 bridgehead atoms. The van der Waals surface area contributed by atoms with Crippen molar-refractivity contribution < 1.29 is 5.21 Å². The average Bonchev–Trinajstić information content (AvgIpc) is 2.39. The van der Waals surface area contributed by atoms with E-state index >= 15 is 0 Å². The van der Waals surface area contributed by atoms with Gasteiger partial charge in [-0.05, 0) is 11.1 Å². The molecule has 0 aliphatic carbocycles. The van der Waals surface area contributed by atoms with Crippen LogP contribution in [-0.2, 0) is 0 Å². The van der Waals surface area contributed by atoms with Crippen LogP contribution in [0.2, 0.25) is 0 Å². The Balaban J connectivity index is 2.34. The third kappa shape index (κ3) is 2.23. The molecule has 0 aliphatic rings. The second-order valence-corrected chi connectivity index (χ2v) is 3.69. The van der Waals surface area contributed by atoms with E-state index in [2.05, 4.69) is 5.16 Å². The number of hydrogen-bond acceptors (Lipinski definition) is 2. The smallest absolute Gasteiger partial charge is 0.175 e. The molecule has 0 aromatic heterocycles. The standard InChI is InChI=1S/C13H10ClNO/c14-13(15-16)12-8-6-11(7-9-12)10-4-2-1-3-5-10/h1-9,16H/b15-13+. The Hall–Kier alpha value is -1.80. The molecule has 0 radical (unpaired) electrons. The molecule has 0 atom stereocenters. The highest BCUT2D eigenvalue weighted by molar-refractivity contribution is 6.69. The Morgan fingerprint density at radius 2 is 1.44 bits per heavy atom. The molecule has 0 unspecified atom stereocenters. The summed E-state index contributed by atoms with van der Waals surface area (Å²) in [6.07, 6.45) is 0. The normalized spacial score (nSPS) is 11.4. The van der Waals surface area contributed by atoms with E-state index in [9.17, 15) is 0 Å². The summed E-state index contributed by atoms with van der Waals surface area (Å²) in [4.78, 5) is 0. The van der Waals surface area contributed by atoms with Gasteiger partial charge in [0, 0.05) is 5.56 Å². The van der Waals surface area contributed by atoms with Crippen molar-refractivity contribution in [2.24, 2.45) is 5.16 Å². The van der Waals surface area contributed by atoms with Crippen molar-refractivity contribution in [1.82, 2.24) is 0 Å². The first-order valence-electron chi connectivity index (χ1n) is 4.84. The van der Waals surface area contributed by atoms with Crippen LogP contribution >= 0.6 is 11.6 Å². The molecule has 2 rings (SSSR count). The maximum Gasteiger partial charge on any atom is 0.175 e. The summed E-state index contributed by atoms with van der Waals surface area (Å²) in [5.74, 6) is 0. The summed E-state index contributed by atoms with van der Waals surface area (Å²) in [7, 11) is 0. The van der Waals surface area contributed by atoms with Crippen LogP contribution in [0.1, 0.15) is 5.56 Å². The number of nitrogens with zero attached hydrogens (tertiary/aromatic N) is 1. The van der Waals surface area contributed by atoms with Crippen molar-refractivity contribution >= 4 is 16.8 Å². The molecule has 0 spiro atoms. The Kier molecular flexibility index (Phi) is 3.22. The second kappa shape index (κ2) is 4.81. The summed E-state index contributed by atoms with van der Waals surface area (Å²) < 4.78 is 0. The Morgan fingerprint density at radius 3 is 2.00 bits per heavy atom. The van der Waals surface area contributed by atoms with E-state index in [-0.39, 0.29) is 5.17 Å². The van der Waals surface area contributed by atoms with Gasteiger partial charge < -0.3 is 5.21 Å². The van der Waals surface area contributed by atoms with Gasteiger partial charge in [0.25, 0.3) is 0 Å². The summed E-state index contributed by atoms with van der Waals surface area (Å²) in [6.45, 7) is 0. The fourth-order valence-corrected chi connectivity index (χ4v) is 1.61. The van der Waals surface area contributed by atoms with Crippen LogP contribution in [0.5, 0.6) is 0 Å². The molecule has 0 saturated heterocycles. The number of oxime groups is 1. The lowest BCUT2D eigenvalue weighted by molar-refractivity contribution is 0.321. The monoisotopic (exact) mass is 231 g/mol. The molecule has 0 aliphatic heterocycles. The van der Waals surface area contributed by atoms with Crippen molar-refractivity contribution in [3.63, 3.8) is 0 Å². The quantitative estimate of drug-likeness (QED) is 0.477. The van der Waals surface area contributed by atoms with Gasteiger partial charge in [-0.25, -0.2) is 0 Å². The zero-order valence-corrected chi connectivity index (χ0v) is 9.22. The molecule has 1 N–H and O–H groups in total. The first-order valence-corrected chi connectivity index (χ1v) is 5.22. The highest BCUT2D eigenvalue weighted by Gasteiger charge is 2.01. The van der Waals surface area contributed by atoms with Gasteiger partial charge >= 0.3 is 0 Å². The van der Waals surface area contributed by atoms with Gasteiger partial charge in [0.05, 0.1) is 0 Å². The number of halogens is 1. The van der Waals surface area contributed by atoms with E-state index in [1.807, 2.05) is 54.6 Å². The van der Waals surface area contributed by atoms with E-state index in [0.717, 1.165) is 11.1 Å². The molecule has 0 amide bonds. The first-order chi connectivity index (χ1) is 7.81. The molecule has 80 valence electrons. The summed E-state index contributed by atoms with van der Waals surface area (Å²) in [5, 5.41) is 11.6. The predicted octanol–water partition coefficient (Wildman–Crippen LogP) is 3.73. The molecule has 0 fully saturated rings. The van der Waals surface area contributed by atoms with Gasteiger partial charge in [-0.3, -0.25) is 0 Å². The molecule has 2 aromatic rings. The minimum Gasteiger partial charge on any atom is -0.410 e. The minimum atomic E-state index is 0.0969. The molecular formula is C13H10ClNO. The lowest BCUT2D eigenvalue weighted by atomic mass is 10.0. The lowest BCUT2D eigenvalue weighted by Crippen LogP contribution is -1.90. The fourth-order valence-electron chi connectivity index (χ4n) is 1.49. The van der Waals surface area contributed by atoms with Crippen molar-refractivity contribution in [3.8, 4) is 11.1 Å². The molecule has 0 heterocycles. The second-order valence-electron chi connectivity index (χ2n) is 3.33. The van der Waals surface area contributed by atoms with E-state index in [1.165, 1.54) is 0 Å². The average molecular weight is 232 g/mol. The Bertz CT molecular complexity index is 491. The maximum atomic E-state index is 8.53.